The summed E-state index contributed by atoms with van der Waals surface area (Å²) in [5, 5.41) is 9.06. The third-order valence-corrected chi connectivity index (χ3v) is 6.56. The molecule has 0 unspecified atom stereocenters. The summed E-state index contributed by atoms with van der Waals surface area (Å²) in [7, 11) is 3.47. The van der Waals surface area contributed by atoms with Gasteiger partial charge in [0.05, 0.1) is 24.5 Å². The van der Waals surface area contributed by atoms with Crippen molar-refractivity contribution in [2.75, 3.05) is 7.11 Å². The Balaban J connectivity index is 1.44. The maximum Gasteiger partial charge on any atom is 0.272 e. The lowest BCUT2D eigenvalue weighted by molar-refractivity contribution is 0.0631. The van der Waals surface area contributed by atoms with E-state index in [-0.39, 0.29) is 18.0 Å². The smallest absolute Gasteiger partial charge is 0.272 e. The number of fused-ring (bicyclic) bond motifs is 6. The van der Waals surface area contributed by atoms with Gasteiger partial charge in [-0.1, -0.05) is 12.1 Å². The number of carbonyl (C=O) groups is 1. The molecule has 6 rings (SSSR count). The summed E-state index contributed by atoms with van der Waals surface area (Å²) in [6.07, 6.45) is 6.27. The summed E-state index contributed by atoms with van der Waals surface area (Å²) in [4.78, 5) is 20.0. The molecule has 2 atom stereocenters. The number of amides is 1. The van der Waals surface area contributed by atoms with E-state index in [0.29, 0.717) is 5.69 Å². The number of aryl methyl sites for hydroxylation is 1. The van der Waals surface area contributed by atoms with Gasteiger partial charge in [0.15, 0.2) is 5.65 Å². The molecule has 8 heteroatoms. The first kappa shape index (κ1) is 18.1. The van der Waals surface area contributed by atoms with Crippen LogP contribution in [0.25, 0.3) is 16.9 Å². The molecule has 5 heterocycles. The van der Waals surface area contributed by atoms with E-state index in [2.05, 4.69) is 5.10 Å². The fraction of sp³-hybridized carbons (Fsp3) is 0.304. The van der Waals surface area contributed by atoms with Gasteiger partial charge < -0.3 is 9.64 Å². The summed E-state index contributed by atoms with van der Waals surface area (Å²) < 4.78 is 9.11. The quantitative estimate of drug-likeness (QED) is 0.515. The first-order chi connectivity index (χ1) is 15.2. The molecule has 2 aliphatic rings. The van der Waals surface area contributed by atoms with Crippen LogP contribution in [0.1, 0.15) is 40.6 Å². The number of carbonyl (C=O) groups excluding carboxylic acids is 1. The second kappa shape index (κ2) is 6.66. The lowest BCUT2D eigenvalue weighted by Gasteiger charge is -2.36. The third-order valence-electron chi connectivity index (χ3n) is 6.56. The van der Waals surface area contributed by atoms with Crippen LogP contribution in [0.2, 0.25) is 0 Å². The van der Waals surface area contributed by atoms with Gasteiger partial charge in [-0.05, 0) is 31.0 Å². The van der Waals surface area contributed by atoms with Crippen molar-refractivity contribution in [2.45, 2.75) is 31.3 Å². The minimum atomic E-state index is 0.0203. The fourth-order valence-electron chi connectivity index (χ4n) is 5.10. The molecule has 0 radical (unpaired) electrons. The largest absolute Gasteiger partial charge is 0.496 e. The van der Waals surface area contributed by atoms with Crippen molar-refractivity contribution in [1.29, 1.82) is 0 Å². The minimum absolute atomic E-state index is 0.0203. The Morgan fingerprint density at radius 1 is 1.19 bits per heavy atom. The molecule has 156 valence electrons. The summed E-state index contributed by atoms with van der Waals surface area (Å²) in [6, 6.07) is 11.8. The Bertz CT molecular complexity index is 1320. The van der Waals surface area contributed by atoms with Gasteiger partial charge in [-0.2, -0.15) is 10.2 Å². The molecule has 1 amide bonds. The summed E-state index contributed by atoms with van der Waals surface area (Å²) in [5.41, 5.74) is 5.44. The molecule has 4 aromatic rings. The monoisotopic (exact) mass is 414 g/mol. The van der Waals surface area contributed by atoms with Crippen LogP contribution in [-0.4, -0.2) is 48.3 Å². The minimum Gasteiger partial charge on any atom is -0.496 e. The van der Waals surface area contributed by atoms with Gasteiger partial charge in [0.1, 0.15) is 11.4 Å². The number of methoxy groups -OCH3 is 1. The molecule has 0 aliphatic carbocycles. The predicted octanol–water partition coefficient (Wildman–Crippen LogP) is 3.04. The fourth-order valence-corrected chi connectivity index (χ4v) is 5.10. The van der Waals surface area contributed by atoms with E-state index in [1.165, 1.54) is 0 Å². The molecule has 1 fully saturated rings. The van der Waals surface area contributed by atoms with E-state index >= 15 is 0 Å². The predicted molar refractivity (Wildman–Crippen MR) is 114 cm³/mol. The van der Waals surface area contributed by atoms with Gasteiger partial charge in [0.2, 0.25) is 0 Å². The van der Waals surface area contributed by atoms with Crippen LogP contribution in [0.5, 0.6) is 5.75 Å². The molecule has 1 saturated heterocycles. The highest BCUT2D eigenvalue weighted by Crippen LogP contribution is 2.44. The van der Waals surface area contributed by atoms with E-state index in [9.17, 15) is 4.79 Å². The maximum absolute atomic E-state index is 13.3. The van der Waals surface area contributed by atoms with Gasteiger partial charge in [-0.3, -0.25) is 9.48 Å². The van der Waals surface area contributed by atoms with Gasteiger partial charge in [-0.25, -0.2) is 9.50 Å². The maximum atomic E-state index is 13.3. The zero-order chi connectivity index (χ0) is 21.1. The Morgan fingerprint density at radius 3 is 2.87 bits per heavy atom. The lowest BCUT2D eigenvalue weighted by Crippen LogP contribution is -2.43. The van der Waals surface area contributed by atoms with Crippen LogP contribution in [-0.2, 0) is 13.5 Å². The molecule has 2 bridgehead atoms. The molecule has 8 nitrogen and oxygen atoms in total. The Labute approximate surface area is 179 Å². The zero-order valence-corrected chi connectivity index (χ0v) is 17.4. The molecule has 2 aliphatic heterocycles. The number of hydrogen-bond donors (Lipinski definition) is 0. The number of ether oxygens (including phenoxy) is 1. The third kappa shape index (κ3) is 2.60. The SMILES string of the molecule is COc1ccccc1-c1cc2ncc3c(n2n1)C[C@@H]1CC[C@H]3N1C(=O)c1ccnn1C. The number of rotatable bonds is 3. The zero-order valence-electron chi connectivity index (χ0n) is 17.4. The second-order valence-corrected chi connectivity index (χ2v) is 8.16. The van der Waals surface area contributed by atoms with Gasteiger partial charge in [-0.15, -0.1) is 0 Å². The molecular formula is C23H22N6O2. The van der Waals surface area contributed by atoms with Gasteiger partial charge >= 0.3 is 0 Å². The van der Waals surface area contributed by atoms with Gasteiger partial charge in [0.25, 0.3) is 5.91 Å². The van der Waals surface area contributed by atoms with Gasteiger partial charge in [0, 0.05) is 49.1 Å². The van der Waals surface area contributed by atoms with Crippen LogP contribution >= 0.6 is 0 Å². The first-order valence-electron chi connectivity index (χ1n) is 10.5. The van der Waals surface area contributed by atoms with E-state index < -0.39 is 0 Å². The van der Waals surface area contributed by atoms with Crippen LogP contribution < -0.4 is 4.74 Å². The molecule has 0 N–H and O–H groups in total. The molecule has 1 aromatic carbocycles. The van der Waals surface area contributed by atoms with E-state index in [0.717, 1.165) is 53.2 Å². The van der Waals surface area contributed by atoms with Crippen molar-refractivity contribution in [2.24, 2.45) is 7.05 Å². The number of para-hydroxylation sites is 1. The van der Waals surface area contributed by atoms with E-state index in [1.54, 1.807) is 31.1 Å². The van der Waals surface area contributed by atoms with E-state index in [1.807, 2.05) is 45.9 Å². The van der Waals surface area contributed by atoms with Crippen LogP contribution in [0, 0.1) is 0 Å². The van der Waals surface area contributed by atoms with Crippen LogP contribution in [0.15, 0.2) is 48.8 Å². The first-order valence-corrected chi connectivity index (χ1v) is 10.5. The Morgan fingerprint density at radius 2 is 2.06 bits per heavy atom. The van der Waals surface area contributed by atoms with Crippen LogP contribution in [0.4, 0.5) is 0 Å². The number of benzene rings is 1. The van der Waals surface area contributed by atoms with Crippen LogP contribution in [0.3, 0.4) is 0 Å². The number of hydrogen-bond acceptors (Lipinski definition) is 5. The van der Waals surface area contributed by atoms with Crippen molar-refractivity contribution in [3.63, 3.8) is 0 Å². The highest BCUT2D eigenvalue weighted by atomic mass is 16.5. The molecule has 0 saturated carbocycles. The molecule has 0 spiro atoms. The van der Waals surface area contributed by atoms with Crippen molar-refractivity contribution in [1.82, 2.24) is 29.3 Å². The highest BCUT2D eigenvalue weighted by Gasteiger charge is 2.44. The number of aromatic nitrogens is 5. The standard InChI is InChI=1S/C23H22N6O2/c1-27-19(9-10-25-27)23(30)28-14-7-8-18(28)16-13-24-22-12-17(26-29(22)20(16)11-14)15-5-3-4-6-21(15)31-2/h3-6,9-10,12-14,18H,7-8,11H2,1-2H3/t14-,18+/m0/s1. The summed E-state index contributed by atoms with van der Waals surface area (Å²) in [6.45, 7) is 0. The molecule has 3 aromatic heterocycles. The number of nitrogens with zero attached hydrogens (tertiary/aromatic N) is 6. The average molecular weight is 414 g/mol. The normalized spacial score (nSPS) is 19.6. The molecule has 31 heavy (non-hydrogen) atoms. The van der Waals surface area contributed by atoms with Crippen molar-refractivity contribution in [3.8, 4) is 17.0 Å². The Hall–Kier alpha value is -3.68. The van der Waals surface area contributed by atoms with E-state index in [4.69, 9.17) is 14.8 Å². The summed E-state index contributed by atoms with van der Waals surface area (Å²) in [5.74, 6) is 0.821. The van der Waals surface area contributed by atoms with Crippen molar-refractivity contribution < 1.29 is 9.53 Å². The second-order valence-electron chi connectivity index (χ2n) is 8.16. The van der Waals surface area contributed by atoms with Crippen molar-refractivity contribution in [3.05, 3.63) is 65.7 Å². The van der Waals surface area contributed by atoms with Crippen molar-refractivity contribution >= 4 is 11.6 Å². The molecular weight excluding hydrogens is 392 g/mol. The highest BCUT2D eigenvalue weighted by molar-refractivity contribution is 5.93. The topological polar surface area (TPSA) is 77.6 Å². The summed E-state index contributed by atoms with van der Waals surface area (Å²) >= 11 is 0. The average Bonchev–Trinajstić information content (AvgIpc) is 3.50. The Kier molecular flexibility index (Phi) is 3.89. The lowest BCUT2D eigenvalue weighted by atomic mass is 9.98.